The molecule has 1 unspecified atom stereocenters. The van der Waals surface area contributed by atoms with Gasteiger partial charge < -0.3 is 15.5 Å². The average molecular weight is 268 g/mol. The standard InChI is InChI=1S/C12H20N4OS/c1-8-7-15(3)5-4-6-16(8)11(17)10-9(2)14-12(13)18-10/h8H,4-7H2,1-3H3,(H2,13,14). The second-order valence-corrected chi connectivity index (χ2v) is 5.96. The molecule has 0 bridgehead atoms. The van der Waals surface area contributed by atoms with Crippen molar-refractivity contribution in [2.45, 2.75) is 26.3 Å². The van der Waals surface area contributed by atoms with Gasteiger partial charge in [0.15, 0.2) is 5.13 Å². The van der Waals surface area contributed by atoms with Crippen molar-refractivity contribution in [2.75, 3.05) is 32.4 Å². The van der Waals surface area contributed by atoms with E-state index in [1.807, 2.05) is 11.8 Å². The highest BCUT2D eigenvalue weighted by molar-refractivity contribution is 7.17. The van der Waals surface area contributed by atoms with Crippen molar-refractivity contribution in [2.24, 2.45) is 0 Å². The van der Waals surface area contributed by atoms with Crippen LogP contribution in [0, 0.1) is 6.92 Å². The Labute approximate surface area is 112 Å². The first kappa shape index (κ1) is 13.3. The first-order chi connectivity index (χ1) is 8.49. The Bertz CT molecular complexity index is 445. The third-order valence-electron chi connectivity index (χ3n) is 3.32. The average Bonchev–Trinajstić information content (AvgIpc) is 2.52. The smallest absolute Gasteiger partial charge is 0.266 e. The van der Waals surface area contributed by atoms with Crippen LogP contribution in [0.3, 0.4) is 0 Å². The molecule has 1 aromatic heterocycles. The molecule has 2 rings (SSSR count). The summed E-state index contributed by atoms with van der Waals surface area (Å²) in [6.07, 6.45) is 1.01. The van der Waals surface area contributed by atoms with E-state index in [0.717, 1.165) is 31.7 Å². The molecule has 1 atom stereocenters. The fourth-order valence-corrected chi connectivity index (χ4v) is 3.21. The first-order valence-corrected chi connectivity index (χ1v) is 7.03. The van der Waals surface area contributed by atoms with Crippen LogP contribution in [0.4, 0.5) is 5.13 Å². The Hall–Kier alpha value is -1.14. The second kappa shape index (κ2) is 5.24. The fraction of sp³-hybridized carbons (Fsp3) is 0.667. The molecule has 0 saturated carbocycles. The number of likely N-dealkylation sites (N-methyl/N-ethyl adjacent to an activating group) is 1. The zero-order chi connectivity index (χ0) is 13.3. The Morgan fingerprint density at radius 1 is 1.50 bits per heavy atom. The number of thiazole rings is 1. The van der Waals surface area contributed by atoms with Crippen LogP contribution in [0.2, 0.25) is 0 Å². The molecule has 2 N–H and O–H groups in total. The summed E-state index contributed by atoms with van der Waals surface area (Å²) in [7, 11) is 2.10. The molecular formula is C12H20N4OS. The highest BCUT2D eigenvalue weighted by Crippen LogP contribution is 2.23. The molecular weight excluding hydrogens is 248 g/mol. The maximum absolute atomic E-state index is 12.5. The lowest BCUT2D eigenvalue weighted by Gasteiger charge is -2.27. The molecule has 100 valence electrons. The number of nitrogens with two attached hydrogens (primary N) is 1. The van der Waals surface area contributed by atoms with E-state index in [2.05, 4.69) is 23.9 Å². The summed E-state index contributed by atoms with van der Waals surface area (Å²) in [4.78, 5) is 21.6. The molecule has 6 heteroatoms. The van der Waals surface area contributed by atoms with Gasteiger partial charge in [0, 0.05) is 19.1 Å². The molecule has 1 aliphatic heterocycles. The van der Waals surface area contributed by atoms with E-state index in [-0.39, 0.29) is 11.9 Å². The minimum absolute atomic E-state index is 0.0736. The van der Waals surface area contributed by atoms with Gasteiger partial charge in [-0.15, -0.1) is 0 Å². The number of hydrogen-bond acceptors (Lipinski definition) is 5. The molecule has 1 fully saturated rings. The predicted molar refractivity (Wildman–Crippen MR) is 73.9 cm³/mol. The van der Waals surface area contributed by atoms with E-state index in [1.165, 1.54) is 11.3 Å². The summed E-state index contributed by atoms with van der Waals surface area (Å²) < 4.78 is 0. The third-order valence-corrected chi connectivity index (χ3v) is 4.29. The predicted octanol–water partition coefficient (Wildman–Crippen LogP) is 1.20. The van der Waals surface area contributed by atoms with Crippen LogP contribution < -0.4 is 5.73 Å². The lowest BCUT2D eigenvalue weighted by atomic mass is 10.2. The number of rotatable bonds is 1. The second-order valence-electron chi connectivity index (χ2n) is 4.93. The molecule has 0 aromatic carbocycles. The molecule has 0 aliphatic carbocycles. The molecule has 1 aromatic rings. The summed E-state index contributed by atoms with van der Waals surface area (Å²) in [5.41, 5.74) is 6.41. The summed E-state index contributed by atoms with van der Waals surface area (Å²) in [6.45, 7) is 6.70. The third kappa shape index (κ3) is 2.64. The van der Waals surface area contributed by atoms with Crippen LogP contribution in [-0.2, 0) is 0 Å². The summed E-state index contributed by atoms with van der Waals surface area (Å²) >= 11 is 1.29. The van der Waals surface area contributed by atoms with E-state index in [9.17, 15) is 4.79 Å². The zero-order valence-corrected chi connectivity index (χ0v) is 12.0. The van der Waals surface area contributed by atoms with Crippen molar-refractivity contribution in [3.8, 4) is 0 Å². The largest absolute Gasteiger partial charge is 0.375 e. The van der Waals surface area contributed by atoms with Crippen LogP contribution in [-0.4, -0.2) is 53.4 Å². The van der Waals surface area contributed by atoms with E-state index in [0.29, 0.717) is 10.0 Å². The van der Waals surface area contributed by atoms with Crippen LogP contribution >= 0.6 is 11.3 Å². The number of carbonyl (C=O) groups is 1. The van der Waals surface area contributed by atoms with Gasteiger partial charge in [0.1, 0.15) is 4.88 Å². The van der Waals surface area contributed by atoms with Crippen LogP contribution in [0.15, 0.2) is 0 Å². The van der Waals surface area contributed by atoms with Crippen molar-refractivity contribution in [1.29, 1.82) is 0 Å². The van der Waals surface area contributed by atoms with Crippen LogP contribution in [0.1, 0.15) is 28.7 Å². The summed E-state index contributed by atoms with van der Waals surface area (Å²) in [6, 6.07) is 0.229. The molecule has 5 nitrogen and oxygen atoms in total. The maximum Gasteiger partial charge on any atom is 0.266 e. The van der Waals surface area contributed by atoms with Gasteiger partial charge in [0.2, 0.25) is 0 Å². The number of carbonyl (C=O) groups excluding carboxylic acids is 1. The Morgan fingerprint density at radius 3 is 2.83 bits per heavy atom. The molecule has 1 amide bonds. The first-order valence-electron chi connectivity index (χ1n) is 6.21. The Kier molecular flexibility index (Phi) is 3.87. The lowest BCUT2D eigenvalue weighted by molar-refractivity contribution is 0.0700. The lowest BCUT2D eigenvalue weighted by Crippen LogP contribution is -2.41. The quantitative estimate of drug-likeness (QED) is 0.831. The molecule has 2 heterocycles. The number of amides is 1. The highest BCUT2D eigenvalue weighted by atomic mass is 32.1. The molecule has 0 radical (unpaired) electrons. The van der Waals surface area contributed by atoms with Crippen molar-refractivity contribution < 1.29 is 4.79 Å². The van der Waals surface area contributed by atoms with Gasteiger partial charge >= 0.3 is 0 Å². The number of nitrogens with zero attached hydrogens (tertiary/aromatic N) is 3. The highest BCUT2D eigenvalue weighted by Gasteiger charge is 2.27. The number of hydrogen-bond donors (Lipinski definition) is 1. The van der Waals surface area contributed by atoms with Gasteiger partial charge in [-0.25, -0.2) is 4.98 Å². The molecule has 1 aliphatic rings. The van der Waals surface area contributed by atoms with Crippen molar-refractivity contribution in [3.05, 3.63) is 10.6 Å². The van der Waals surface area contributed by atoms with Gasteiger partial charge in [0.25, 0.3) is 5.91 Å². The van der Waals surface area contributed by atoms with E-state index in [4.69, 9.17) is 5.73 Å². The Morgan fingerprint density at radius 2 is 2.22 bits per heavy atom. The van der Waals surface area contributed by atoms with Gasteiger partial charge in [-0.3, -0.25) is 4.79 Å². The van der Waals surface area contributed by atoms with Crippen molar-refractivity contribution in [1.82, 2.24) is 14.8 Å². The van der Waals surface area contributed by atoms with E-state index >= 15 is 0 Å². The van der Waals surface area contributed by atoms with Crippen LogP contribution in [0.25, 0.3) is 0 Å². The minimum atomic E-state index is 0.0736. The SMILES string of the molecule is Cc1nc(N)sc1C(=O)N1CCCN(C)CC1C. The molecule has 0 spiro atoms. The normalized spacial score (nSPS) is 21.9. The topological polar surface area (TPSA) is 62.5 Å². The molecule has 18 heavy (non-hydrogen) atoms. The minimum Gasteiger partial charge on any atom is -0.375 e. The number of anilines is 1. The zero-order valence-electron chi connectivity index (χ0n) is 11.1. The fourth-order valence-electron chi connectivity index (χ4n) is 2.42. The summed E-state index contributed by atoms with van der Waals surface area (Å²) in [5.74, 6) is 0.0736. The molecule has 1 saturated heterocycles. The van der Waals surface area contributed by atoms with Gasteiger partial charge in [0.05, 0.1) is 5.69 Å². The van der Waals surface area contributed by atoms with E-state index < -0.39 is 0 Å². The number of nitrogen functional groups attached to an aromatic ring is 1. The van der Waals surface area contributed by atoms with Gasteiger partial charge in [-0.1, -0.05) is 11.3 Å². The van der Waals surface area contributed by atoms with E-state index in [1.54, 1.807) is 0 Å². The van der Waals surface area contributed by atoms with Gasteiger partial charge in [-0.05, 0) is 33.9 Å². The number of aromatic nitrogens is 1. The maximum atomic E-state index is 12.5. The monoisotopic (exact) mass is 268 g/mol. The van der Waals surface area contributed by atoms with Crippen molar-refractivity contribution in [3.63, 3.8) is 0 Å². The van der Waals surface area contributed by atoms with Crippen molar-refractivity contribution >= 4 is 22.4 Å². The number of aryl methyl sites for hydroxylation is 1. The van der Waals surface area contributed by atoms with Gasteiger partial charge in [-0.2, -0.15) is 0 Å². The summed E-state index contributed by atoms with van der Waals surface area (Å²) in [5, 5.41) is 0.468. The Balaban J connectivity index is 2.19. The van der Waals surface area contributed by atoms with Crippen LogP contribution in [0.5, 0.6) is 0 Å².